The molecular weight excluding hydrogens is 270 g/mol. The second kappa shape index (κ2) is 6.39. The van der Waals surface area contributed by atoms with Gasteiger partial charge >= 0.3 is 5.97 Å². The Morgan fingerprint density at radius 2 is 2.19 bits per heavy atom. The molecule has 0 fully saturated rings. The number of carbonyl (C=O) groups excluding carboxylic acids is 1. The third kappa shape index (κ3) is 3.09. The summed E-state index contributed by atoms with van der Waals surface area (Å²) in [6.07, 6.45) is 1.50. The Hall–Kier alpha value is -3.07. The number of carbonyl (C=O) groups is 1. The Kier molecular flexibility index (Phi) is 4.36. The maximum atomic E-state index is 12.0. The van der Waals surface area contributed by atoms with Crippen molar-refractivity contribution >= 4 is 11.7 Å². The number of hydrogen-bond acceptors (Lipinski definition) is 6. The number of nitrogen functional groups attached to an aromatic ring is 1. The van der Waals surface area contributed by atoms with Crippen LogP contribution >= 0.6 is 0 Å². The molecule has 2 aromatic rings. The van der Waals surface area contributed by atoms with Crippen molar-refractivity contribution in [2.75, 3.05) is 12.8 Å². The molecule has 2 rings (SSSR count). The maximum absolute atomic E-state index is 12.0. The van der Waals surface area contributed by atoms with Crippen molar-refractivity contribution in [1.29, 1.82) is 5.26 Å². The fourth-order valence-corrected chi connectivity index (χ4v) is 1.78. The van der Waals surface area contributed by atoms with E-state index in [1.165, 1.54) is 13.3 Å². The van der Waals surface area contributed by atoms with Crippen LogP contribution in [0.5, 0.6) is 5.75 Å². The van der Waals surface area contributed by atoms with Gasteiger partial charge in [-0.2, -0.15) is 5.26 Å². The molecule has 1 aromatic carbocycles. The lowest BCUT2D eigenvalue weighted by Crippen LogP contribution is -2.10. The monoisotopic (exact) mass is 283 g/mol. The number of anilines is 1. The smallest absolute Gasteiger partial charge is 0.340 e. The molecule has 0 atom stereocenters. The summed E-state index contributed by atoms with van der Waals surface area (Å²) in [5.41, 5.74) is 7.03. The van der Waals surface area contributed by atoms with Crippen molar-refractivity contribution < 1.29 is 14.3 Å². The molecule has 1 aromatic heterocycles. The van der Waals surface area contributed by atoms with E-state index in [9.17, 15) is 4.79 Å². The van der Waals surface area contributed by atoms with Gasteiger partial charge in [0.1, 0.15) is 24.1 Å². The van der Waals surface area contributed by atoms with Gasteiger partial charge in [-0.15, -0.1) is 0 Å². The molecule has 0 radical (unpaired) electrons. The van der Waals surface area contributed by atoms with Gasteiger partial charge in [0, 0.05) is 11.8 Å². The highest BCUT2D eigenvalue weighted by Gasteiger charge is 2.15. The van der Waals surface area contributed by atoms with Crippen LogP contribution in [-0.4, -0.2) is 18.1 Å². The zero-order valence-electron chi connectivity index (χ0n) is 11.4. The van der Waals surface area contributed by atoms with E-state index in [1.807, 2.05) is 6.07 Å². The normalized spacial score (nSPS) is 9.71. The maximum Gasteiger partial charge on any atom is 0.340 e. The topological polar surface area (TPSA) is 98.2 Å². The standard InChI is InChI=1S/C15H13N3O3/c1-20-13-6-2-5-11(14(13)17)15(19)21-9-10-4-3-7-18-12(10)8-16/h2-7H,9,17H2,1H3. The molecular formula is C15H13N3O3. The molecule has 21 heavy (non-hydrogen) atoms. The van der Waals surface area contributed by atoms with Crippen LogP contribution in [0.3, 0.4) is 0 Å². The predicted molar refractivity (Wildman–Crippen MR) is 75.5 cm³/mol. The van der Waals surface area contributed by atoms with Crippen molar-refractivity contribution in [2.45, 2.75) is 6.61 Å². The van der Waals surface area contributed by atoms with E-state index in [-0.39, 0.29) is 23.6 Å². The Morgan fingerprint density at radius 3 is 2.90 bits per heavy atom. The van der Waals surface area contributed by atoms with Crippen molar-refractivity contribution in [3.63, 3.8) is 0 Å². The first kappa shape index (κ1) is 14.3. The van der Waals surface area contributed by atoms with Crippen LogP contribution in [0.2, 0.25) is 0 Å². The third-order valence-corrected chi connectivity index (χ3v) is 2.86. The Morgan fingerprint density at radius 1 is 1.38 bits per heavy atom. The third-order valence-electron chi connectivity index (χ3n) is 2.86. The number of pyridine rings is 1. The van der Waals surface area contributed by atoms with Crippen LogP contribution in [0, 0.1) is 11.3 Å². The number of rotatable bonds is 4. The van der Waals surface area contributed by atoms with E-state index in [0.717, 1.165) is 0 Å². The average molecular weight is 283 g/mol. The number of benzene rings is 1. The summed E-state index contributed by atoms with van der Waals surface area (Å²) in [5, 5.41) is 8.92. The number of nitriles is 1. The highest BCUT2D eigenvalue weighted by Crippen LogP contribution is 2.25. The van der Waals surface area contributed by atoms with E-state index in [4.69, 9.17) is 20.5 Å². The molecule has 2 N–H and O–H groups in total. The Bertz CT molecular complexity index is 708. The average Bonchev–Trinajstić information content (AvgIpc) is 2.53. The largest absolute Gasteiger partial charge is 0.495 e. The summed E-state index contributed by atoms with van der Waals surface area (Å²) in [7, 11) is 1.47. The van der Waals surface area contributed by atoms with Crippen LogP contribution in [0.1, 0.15) is 21.6 Å². The van der Waals surface area contributed by atoms with Gasteiger partial charge in [0.25, 0.3) is 0 Å². The SMILES string of the molecule is COc1cccc(C(=O)OCc2cccnc2C#N)c1N. The summed E-state index contributed by atoms with van der Waals surface area (Å²) in [6, 6.07) is 10.1. The van der Waals surface area contributed by atoms with Crippen molar-refractivity contribution in [1.82, 2.24) is 4.98 Å². The number of aromatic nitrogens is 1. The van der Waals surface area contributed by atoms with E-state index >= 15 is 0 Å². The summed E-state index contributed by atoms with van der Waals surface area (Å²) in [4.78, 5) is 15.9. The first-order valence-corrected chi connectivity index (χ1v) is 6.11. The lowest BCUT2D eigenvalue weighted by atomic mass is 10.1. The van der Waals surface area contributed by atoms with Crippen LogP contribution in [0.4, 0.5) is 5.69 Å². The molecule has 1 heterocycles. The molecule has 0 saturated carbocycles. The number of methoxy groups -OCH3 is 1. The minimum absolute atomic E-state index is 0.0494. The molecule has 0 spiro atoms. The molecule has 0 aliphatic heterocycles. The van der Waals surface area contributed by atoms with E-state index in [2.05, 4.69) is 4.98 Å². The van der Waals surface area contributed by atoms with E-state index < -0.39 is 5.97 Å². The van der Waals surface area contributed by atoms with Gasteiger partial charge in [-0.3, -0.25) is 0 Å². The fraction of sp³-hybridized carbons (Fsp3) is 0.133. The van der Waals surface area contributed by atoms with Crippen LogP contribution in [0.25, 0.3) is 0 Å². The van der Waals surface area contributed by atoms with Gasteiger partial charge in [-0.05, 0) is 18.2 Å². The number of hydrogen-bond donors (Lipinski definition) is 1. The van der Waals surface area contributed by atoms with Gasteiger partial charge in [-0.1, -0.05) is 12.1 Å². The Labute approximate surface area is 121 Å². The Balaban J connectivity index is 2.14. The highest BCUT2D eigenvalue weighted by molar-refractivity contribution is 5.96. The highest BCUT2D eigenvalue weighted by atomic mass is 16.5. The molecule has 0 aliphatic rings. The zero-order valence-corrected chi connectivity index (χ0v) is 11.4. The molecule has 6 heteroatoms. The number of esters is 1. The number of para-hydroxylation sites is 1. The van der Waals surface area contributed by atoms with E-state index in [1.54, 1.807) is 30.3 Å². The van der Waals surface area contributed by atoms with Gasteiger partial charge in [0.05, 0.1) is 18.4 Å². The fourth-order valence-electron chi connectivity index (χ4n) is 1.78. The van der Waals surface area contributed by atoms with Crippen molar-refractivity contribution in [3.05, 3.63) is 53.3 Å². The molecule has 0 unspecified atom stereocenters. The number of ether oxygens (including phenoxy) is 2. The second-order valence-electron chi connectivity index (χ2n) is 4.12. The van der Waals surface area contributed by atoms with Crippen LogP contribution in [0.15, 0.2) is 36.5 Å². The molecule has 106 valence electrons. The lowest BCUT2D eigenvalue weighted by molar-refractivity contribution is 0.0473. The number of nitrogens with two attached hydrogens (primary N) is 1. The quantitative estimate of drug-likeness (QED) is 0.679. The molecule has 0 amide bonds. The van der Waals surface area contributed by atoms with Gasteiger partial charge < -0.3 is 15.2 Å². The molecule has 6 nitrogen and oxygen atoms in total. The van der Waals surface area contributed by atoms with Crippen molar-refractivity contribution in [3.8, 4) is 11.8 Å². The van der Waals surface area contributed by atoms with Crippen LogP contribution < -0.4 is 10.5 Å². The van der Waals surface area contributed by atoms with Gasteiger partial charge in [0.2, 0.25) is 0 Å². The number of nitrogens with zero attached hydrogens (tertiary/aromatic N) is 2. The van der Waals surface area contributed by atoms with Gasteiger partial charge in [-0.25, -0.2) is 9.78 Å². The van der Waals surface area contributed by atoms with E-state index in [0.29, 0.717) is 11.3 Å². The first-order chi connectivity index (χ1) is 10.2. The zero-order chi connectivity index (χ0) is 15.2. The lowest BCUT2D eigenvalue weighted by Gasteiger charge is -2.10. The second-order valence-corrected chi connectivity index (χ2v) is 4.12. The molecule has 0 aliphatic carbocycles. The van der Waals surface area contributed by atoms with Crippen LogP contribution in [-0.2, 0) is 11.3 Å². The van der Waals surface area contributed by atoms with Gasteiger partial charge in [0.15, 0.2) is 0 Å². The molecule has 0 bridgehead atoms. The molecule has 0 saturated heterocycles. The summed E-state index contributed by atoms with van der Waals surface area (Å²) >= 11 is 0. The summed E-state index contributed by atoms with van der Waals surface area (Å²) < 4.78 is 10.2. The minimum atomic E-state index is -0.584. The predicted octanol–water partition coefficient (Wildman–Crippen LogP) is 1.90. The first-order valence-electron chi connectivity index (χ1n) is 6.11. The van der Waals surface area contributed by atoms with Crippen molar-refractivity contribution in [2.24, 2.45) is 0 Å². The minimum Gasteiger partial charge on any atom is -0.495 e. The summed E-state index contributed by atoms with van der Waals surface area (Å²) in [6.45, 7) is -0.0494. The summed E-state index contributed by atoms with van der Waals surface area (Å²) in [5.74, 6) is -0.178.